The number of carbonyl (C=O) groups is 2. The Morgan fingerprint density at radius 3 is 2.53 bits per heavy atom. The predicted molar refractivity (Wildman–Crippen MR) is 138 cm³/mol. The topological polar surface area (TPSA) is 85.7 Å². The van der Waals surface area contributed by atoms with E-state index in [9.17, 15) is 9.59 Å². The highest BCUT2D eigenvalue weighted by Crippen LogP contribution is 2.24. The van der Waals surface area contributed by atoms with Crippen molar-refractivity contribution in [1.29, 1.82) is 0 Å². The van der Waals surface area contributed by atoms with Gasteiger partial charge in [0.1, 0.15) is 17.5 Å². The van der Waals surface area contributed by atoms with Crippen LogP contribution >= 0.6 is 23.2 Å². The number of carbonyl (C=O) groups excluding carboxylic acids is 2. The van der Waals surface area contributed by atoms with Gasteiger partial charge in [-0.25, -0.2) is 9.78 Å². The molecule has 2 amide bonds. The van der Waals surface area contributed by atoms with E-state index in [1.807, 2.05) is 38.1 Å². The van der Waals surface area contributed by atoms with E-state index < -0.39 is 0 Å². The van der Waals surface area contributed by atoms with Crippen molar-refractivity contribution in [1.82, 2.24) is 19.8 Å². The fraction of sp³-hybridized carbons (Fsp3) is 0.346. The summed E-state index contributed by atoms with van der Waals surface area (Å²) >= 11 is 12.2. The van der Waals surface area contributed by atoms with Gasteiger partial charge in [-0.05, 0) is 49.7 Å². The van der Waals surface area contributed by atoms with Crippen LogP contribution in [-0.2, 0) is 11.3 Å². The van der Waals surface area contributed by atoms with E-state index in [1.165, 1.54) is 6.20 Å². The van der Waals surface area contributed by atoms with Gasteiger partial charge in [0.2, 0.25) is 0 Å². The Morgan fingerprint density at radius 1 is 1.14 bits per heavy atom. The molecule has 0 atom stereocenters. The second-order valence-corrected chi connectivity index (χ2v) is 9.63. The highest BCUT2D eigenvalue weighted by molar-refractivity contribution is 6.35. The molecule has 3 heterocycles. The molecule has 0 radical (unpaired) electrons. The van der Waals surface area contributed by atoms with E-state index >= 15 is 0 Å². The molecule has 190 valence electrons. The lowest BCUT2D eigenvalue weighted by atomic mass is 10.1. The van der Waals surface area contributed by atoms with Crippen LogP contribution in [0, 0.1) is 0 Å². The molecule has 1 aliphatic heterocycles. The molecule has 1 fully saturated rings. The lowest BCUT2D eigenvalue weighted by molar-refractivity contribution is 0.0517. The van der Waals surface area contributed by atoms with Gasteiger partial charge in [0.15, 0.2) is 5.82 Å². The van der Waals surface area contributed by atoms with Crippen molar-refractivity contribution < 1.29 is 19.1 Å². The molecule has 4 rings (SSSR count). The lowest BCUT2D eigenvalue weighted by Crippen LogP contribution is -2.42. The van der Waals surface area contributed by atoms with Crippen LogP contribution in [0.25, 0.3) is 5.82 Å². The summed E-state index contributed by atoms with van der Waals surface area (Å²) in [7, 11) is 0. The van der Waals surface area contributed by atoms with Gasteiger partial charge in [-0.2, -0.15) is 0 Å². The van der Waals surface area contributed by atoms with Crippen molar-refractivity contribution in [3.63, 3.8) is 0 Å². The second kappa shape index (κ2) is 11.7. The molecule has 0 spiro atoms. The maximum atomic E-state index is 12.8. The van der Waals surface area contributed by atoms with Gasteiger partial charge in [0, 0.05) is 44.9 Å². The highest BCUT2D eigenvalue weighted by Gasteiger charge is 2.25. The molecule has 10 heteroatoms. The summed E-state index contributed by atoms with van der Waals surface area (Å²) in [5.41, 5.74) is 1.35. The number of aromatic nitrogens is 2. The SMILES string of the molecule is CC(C)OC(=O)N1CCC(Oc2ccc(CNC(=O)c3cccn3-c3ncc(Cl)cc3Cl)cc2)CC1. The zero-order chi connectivity index (χ0) is 25.7. The molecular weight excluding hydrogens is 503 g/mol. The van der Waals surface area contributed by atoms with E-state index in [1.54, 1.807) is 33.9 Å². The lowest BCUT2D eigenvalue weighted by Gasteiger charge is -2.32. The highest BCUT2D eigenvalue weighted by atomic mass is 35.5. The van der Waals surface area contributed by atoms with Gasteiger partial charge in [-0.3, -0.25) is 9.36 Å². The average molecular weight is 531 g/mol. The summed E-state index contributed by atoms with van der Waals surface area (Å²) in [4.78, 5) is 30.8. The van der Waals surface area contributed by atoms with Gasteiger partial charge in [-0.15, -0.1) is 0 Å². The first-order valence-electron chi connectivity index (χ1n) is 11.8. The van der Waals surface area contributed by atoms with Crippen LogP contribution in [0.4, 0.5) is 4.79 Å². The van der Waals surface area contributed by atoms with Crippen molar-refractivity contribution in [3.05, 3.63) is 76.2 Å². The Morgan fingerprint density at radius 2 is 1.86 bits per heavy atom. The van der Waals surface area contributed by atoms with E-state index in [-0.39, 0.29) is 24.2 Å². The number of benzene rings is 1. The van der Waals surface area contributed by atoms with Crippen molar-refractivity contribution in [2.75, 3.05) is 13.1 Å². The Bertz CT molecular complexity index is 1200. The number of nitrogens with zero attached hydrogens (tertiary/aromatic N) is 3. The van der Waals surface area contributed by atoms with Crippen LogP contribution in [0.3, 0.4) is 0 Å². The van der Waals surface area contributed by atoms with Gasteiger partial charge < -0.3 is 19.7 Å². The standard InChI is InChI=1S/C26H28Cl2N4O4/c1-17(2)35-26(34)31-12-9-21(10-13-31)36-20-7-5-18(6-8-20)15-30-25(33)23-4-3-11-32(23)24-22(28)14-19(27)16-29-24/h3-8,11,14,16-17,21H,9-10,12-13,15H2,1-2H3,(H,30,33). The third-order valence-corrected chi connectivity index (χ3v) is 6.20. The number of nitrogens with one attached hydrogen (secondary N) is 1. The summed E-state index contributed by atoms with van der Waals surface area (Å²) in [6, 6.07) is 12.7. The molecule has 3 aromatic rings. The predicted octanol–water partition coefficient (Wildman–Crippen LogP) is 5.50. The van der Waals surface area contributed by atoms with Crippen molar-refractivity contribution >= 4 is 35.2 Å². The maximum absolute atomic E-state index is 12.8. The zero-order valence-electron chi connectivity index (χ0n) is 20.1. The number of rotatable bonds is 7. The first-order valence-corrected chi connectivity index (χ1v) is 12.5. The Kier molecular flexibility index (Phi) is 8.38. The second-order valence-electron chi connectivity index (χ2n) is 8.79. The van der Waals surface area contributed by atoms with Crippen LogP contribution in [-0.4, -0.2) is 51.7 Å². The molecule has 1 N–H and O–H groups in total. The first-order chi connectivity index (χ1) is 17.3. The summed E-state index contributed by atoms with van der Waals surface area (Å²) in [5, 5.41) is 3.70. The summed E-state index contributed by atoms with van der Waals surface area (Å²) < 4.78 is 13.0. The molecule has 0 bridgehead atoms. The summed E-state index contributed by atoms with van der Waals surface area (Å²) in [6.45, 7) is 5.26. The minimum atomic E-state index is -0.269. The van der Waals surface area contributed by atoms with Crippen LogP contribution < -0.4 is 10.1 Å². The molecule has 1 saturated heterocycles. The molecular formula is C26H28Cl2N4O4. The molecule has 36 heavy (non-hydrogen) atoms. The number of pyridine rings is 1. The molecule has 1 aliphatic rings. The van der Waals surface area contributed by atoms with Crippen LogP contribution in [0.2, 0.25) is 10.0 Å². The smallest absolute Gasteiger partial charge is 0.410 e. The average Bonchev–Trinajstić information content (AvgIpc) is 3.33. The largest absolute Gasteiger partial charge is 0.490 e. The fourth-order valence-corrected chi connectivity index (χ4v) is 4.39. The number of halogens is 2. The Labute approximate surface area is 220 Å². The number of hydrogen-bond acceptors (Lipinski definition) is 5. The molecule has 0 aliphatic carbocycles. The number of piperidine rings is 1. The number of likely N-dealkylation sites (tertiary alicyclic amines) is 1. The Hall–Kier alpha value is -3.23. The monoisotopic (exact) mass is 530 g/mol. The van der Waals surface area contributed by atoms with Crippen LogP contribution in [0.15, 0.2) is 54.9 Å². The van der Waals surface area contributed by atoms with E-state index in [0.29, 0.717) is 41.2 Å². The first kappa shape index (κ1) is 25.9. The zero-order valence-corrected chi connectivity index (χ0v) is 21.6. The minimum absolute atomic E-state index is 0.0414. The molecule has 8 nitrogen and oxygen atoms in total. The van der Waals surface area contributed by atoms with Crippen molar-refractivity contribution in [2.45, 2.75) is 45.4 Å². The van der Waals surface area contributed by atoms with E-state index in [0.717, 1.165) is 24.2 Å². The molecule has 0 unspecified atom stereocenters. The molecule has 2 aromatic heterocycles. The fourth-order valence-electron chi connectivity index (χ4n) is 3.92. The van der Waals surface area contributed by atoms with E-state index in [4.69, 9.17) is 32.7 Å². The quantitative estimate of drug-likeness (QED) is 0.436. The van der Waals surface area contributed by atoms with E-state index in [2.05, 4.69) is 10.3 Å². The summed E-state index contributed by atoms with van der Waals surface area (Å²) in [6.07, 6.45) is 4.35. The Balaban J connectivity index is 1.28. The van der Waals surface area contributed by atoms with Crippen LogP contribution in [0.5, 0.6) is 5.75 Å². The number of hydrogen-bond donors (Lipinski definition) is 1. The van der Waals surface area contributed by atoms with Gasteiger partial charge >= 0.3 is 6.09 Å². The normalized spacial score (nSPS) is 14.1. The van der Waals surface area contributed by atoms with Crippen molar-refractivity contribution in [2.24, 2.45) is 0 Å². The molecule has 0 saturated carbocycles. The third kappa shape index (κ3) is 6.50. The third-order valence-electron chi connectivity index (χ3n) is 5.71. The molecule has 1 aromatic carbocycles. The van der Waals surface area contributed by atoms with Gasteiger partial charge in [0.05, 0.1) is 16.1 Å². The summed E-state index contributed by atoms with van der Waals surface area (Å²) in [5.74, 6) is 0.932. The minimum Gasteiger partial charge on any atom is -0.490 e. The number of amides is 2. The van der Waals surface area contributed by atoms with Crippen molar-refractivity contribution in [3.8, 4) is 11.6 Å². The van der Waals surface area contributed by atoms with Gasteiger partial charge in [-0.1, -0.05) is 35.3 Å². The number of ether oxygens (including phenoxy) is 2. The van der Waals surface area contributed by atoms with Crippen LogP contribution in [0.1, 0.15) is 42.7 Å². The maximum Gasteiger partial charge on any atom is 0.410 e. The van der Waals surface area contributed by atoms with Gasteiger partial charge in [0.25, 0.3) is 5.91 Å².